The van der Waals surface area contributed by atoms with E-state index in [1.807, 2.05) is 0 Å². The molecule has 0 bridgehead atoms. The van der Waals surface area contributed by atoms with E-state index < -0.39 is 23.3 Å². The highest BCUT2D eigenvalue weighted by Crippen LogP contribution is 2.48. The first-order chi connectivity index (χ1) is 10.9. The van der Waals surface area contributed by atoms with E-state index in [1.165, 1.54) is 12.1 Å². The summed E-state index contributed by atoms with van der Waals surface area (Å²) in [7, 11) is 0. The molecule has 5 nitrogen and oxygen atoms in total. The molecular weight excluding hydrogens is 296 g/mol. The largest absolute Gasteiger partial charge is 0.389 e. The monoisotopic (exact) mass is 316 g/mol. The highest BCUT2D eigenvalue weighted by atomic mass is 16.6. The van der Waals surface area contributed by atoms with Crippen LogP contribution in [0.25, 0.3) is 0 Å². The number of hydrogen-bond donors (Lipinski definition) is 0. The van der Waals surface area contributed by atoms with E-state index in [0.29, 0.717) is 12.7 Å². The first kappa shape index (κ1) is 17.1. The number of Topliss-reactive ketones (excluding diaryl/α,β-unsaturated/α-hetero) is 1. The third-order valence-corrected chi connectivity index (χ3v) is 4.80. The van der Waals surface area contributed by atoms with Gasteiger partial charge in [0.05, 0.1) is 5.56 Å². The maximum Gasteiger partial charge on any atom is 0.345 e. The van der Waals surface area contributed by atoms with Crippen LogP contribution >= 0.6 is 0 Å². The summed E-state index contributed by atoms with van der Waals surface area (Å²) in [6.45, 7) is 3.48. The van der Waals surface area contributed by atoms with Gasteiger partial charge in [0.15, 0.2) is 5.78 Å². The van der Waals surface area contributed by atoms with Gasteiger partial charge >= 0.3 is 11.9 Å². The molecule has 0 N–H and O–H groups in total. The van der Waals surface area contributed by atoms with E-state index in [-0.39, 0.29) is 30.1 Å². The molecule has 0 amide bonds. The first-order valence-corrected chi connectivity index (χ1v) is 7.73. The number of carbonyl (C=O) groups excluding carboxylic acids is 4. The SMILES string of the molecule is C[C@@H]1CCC(=O)[C@@]1(C(=O)OC(=O)c1ccccc1)[C@@H](C)CC=O. The van der Waals surface area contributed by atoms with Crippen molar-refractivity contribution >= 4 is 24.0 Å². The fourth-order valence-electron chi connectivity index (χ4n) is 3.47. The maximum absolute atomic E-state index is 12.7. The van der Waals surface area contributed by atoms with Gasteiger partial charge < -0.3 is 9.53 Å². The second kappa shape index (κ2) is 6.86. The number of aldehydes is 1. The summed E-state index contributed by atoms with van der Waals surface area (Å²) in [5, 5.41) is 0. The second-order valence-electron chi connectivity index (χ2n) is 6.08. The molecule has 0 radical (unpaired) electrons. The van der Waals surface area contributed by atoms with Crippen LogP contribution in [-0.4, -0.2) is 24.0 Å². The van der Waals surface area contributed by atoms with Crippen LogP contribution in [0.3, 0.4) is 0 Å². The number of ether oxygens (including phenoxy) is 1. The van der Waals surface area contributed by atoms with E-state index in [9.17, 15) is 19.2 Å². The number of esters is 2. The number of benzene rings is 1. The van der Waals surface area contributed by atoms with Gasteiger partial charge in [-0.25, -0.2) is 4.79 Å². The topological polar surface area (TPSA) is 77.5 Å². The average molecular weight is 316 g/mol. The predicted molar refractivity (Wildman–Crippen MR) is 82.5 cm³/mol. The minimum absolute atomic E-state index is 0.0741. The Morgan fingerprint density at radius 2 is 2.00 bits per heavy atom. The molecule has 0 aliphatic heterocycles. The Morgan fingerprint density at radius 3 is 2.52 bits per heavy atom. The van der Waals surface area contributed by atoms with Crippen LogP contribution in [0.15, 0.2) is 30.3 Å². The quantitative estimate of drug-likeness (QED) is 0.474. The van der Waals surface area contributed by atoms with Crippen LogP contribution < -0.4 is 0 Å². The fourth-order valence-corrected chi connectivity index (χ4v) is 3.47. The summed E-state index contributed by atoms with van der Waals surface area (Å²) < 4.78 is 5.02. The van der Waals surface area contributed by atoms with Crippen LogP contribution in [0, 0.1) is 17.3 Å². The number of carbonyl (C=O) groups is 4. The molecule has 0 saturated heterocycles. The van der Waals surface area contributed by atoms with Crippen LogP contribution in [-0.2, 0) is 19.1 Å². The molecule has 3 atom stereocenters. The van der Waals surface area contributed by atoms with Crippen molar-refractivity contribution in [3.8, 4) is 0 Å². The molecule has 0 heterocycles. The number of rotatable bonds is 5. The van der Waals surface area contributed by atoms with Crippen molar-refractivity contribution < 1.29 is 23.9 Å². The van der Waals surface area contributed by atoms with E-state index in [4.69, 9.17) is 4.74 Å². The van der Waals surface area contributed by atoms with Crippen LogP contribution in [0.4, 0.5) is 0 Å². The van der Waals surface area contributed by atoms with Crippen molar-refractivity contribution in [2.24, 2.45) is 17.3 Å². The summed E-state index contributed by atoms with van der Waals surface area (Å²) in [5.74, 6) is -2.62. The van der Waals surface area contributed by atoms with Crippen LogP contribution in [0.1, 0.15) is 43.5 Å². The van der Waals surface area contributed by atoms with Gasteiger partial charge in [0.1, 0.15) is 11.7 Å². The van der Waals surface area contributed by atoms with E-state index in [2.05, 4.69) is 0 Å². The van der Waals surface area contributed by atoms with Gasteiger partial charge in [0, 0.05) is 12.8 Å². The molecular formula is C18H20O5. The smallest absolute Gasteiger partial charge is 0.345 e. The maximum atomic E-state index is 12.7. The zero-order valence-electron chi connectivity index (χ0n) is 13.3. The molecule has 1 fully saturated rings. The van der Waals surface area contributed by atoms with Crippen molar-refractivity contribution in [1.29, 1.82) is 0 Å². The van der Waals surface area contributed by atoms with E-state index >= 15 is 0 Å². The Labute approximate surface area is 135 Å². The lowest BCUT2D eigenvalue weighted by Gasteiger charge is -2.34. The molecule has 0 unspecified atom stereocenters. The minimum Gasteiger partial charge on any atom is -0.389 e. The lowest BCUT2D eigenvalue weighted by Crippen LogP contribution is -2.47. The summed E-state index contributed by atoms with van der Waals surface area (Å²) in [6.07, 6.45) is 1.58. The molecule has 5 heteroatoms. The second-order valence-corrected chi connectivity index (χ2v) is 6.08. The molecule has 0 aromatic heterocycles. The molecule has 0 spiro atoms. The zero-order valence-corrected chi connectivity index (χ0v) is 13.3. The molecule has 1 aromatic rings. The highest BCUT2D eigenvalue weighted by molar-refractivity contribution is 6.10. The van der Waals surface area contributed by atoms with Gasteiger partial charge in [-0.15, -0.1) is 0 Å². The van der Waals surface area contributed by atoms with Crippen molar-refractivity contribution in [1.82, 2.24) is 0 Å². The molecule has 122 valence electrons. The summed E-state index contributed by atoms with van der Waals surface area (Å²) in [6, 6.07) is 8.15. The summed E-state index contributed by atoms with van der Waals surface area (Å²) >= 11 is 0. The Morgan fingerprint density at radius 1 is 1.35 bits per heavy atom. The normalized spacial score (nSPS) is 25.0. The van der Waals surface area contributed by atoms with Gasteiger partial charge in [-0.3, -0.25) is 9.59 Å². The zero-order chi connectivity index (χ0) is 17.0. The minimum atomic E-state index is -1.41. The average Bonchev–Trinajstić information content (AvgIpc) is 2.84. The van der Waals surface area contributed by atoms with Gasteiger partial charge in [-0.05, 0) is 30.4 Å². The number of hydrogen-bond acceptors (Lipinski definition) is 5. The third kappa shape index (κ3) is 2.96. The molecule has 1 aromatic carbocycles. The number of ketones is 1. The Kier molecular flexibility index (Phi) is 5.08. The summed E-state index contributed by atoms with van der Waals surface area (Å²) in [4.78, 5) is 48.2. The molecule has 1 saturated carbocycles. The van der Waals surface area contributed by atoms with E-state index in [1.54, 1.807) is 32.0 Å². The Balaban J connectivity index is 2.29. The lowest BCUT2D eigenvalue weighted by atomic mass is 9.67. The highest BCUT2D eigenvalue weighted by Gasteiger charge is 2.58. The van der Waals surface area contributed by atoms with Gasteiger partial charge in [-0.1, -0.05) is 32.0 Å². The Hall–Kier alpha value is -2.30. The first-order valence-electron chi connectivity index (χ1n) is 7.73. The molecule has 1 aliphatic rings. The van der Waals surface area contributed by atoms with Gasteiger partial charge in [0.2, 0.25) is 0 Å². The molecule has 23 heavy (non-hydrogen) atoms. The van der Waals surface area contributed by atoms with Crippen LogP contribution in [0.5, 0.6) is 0 Å². The van der Waals surface area contributed by atoms with Gasteiger partial charge in [-0.2, -0.15) is 0 Å². The molecule has 1 aliphatic carbocycles. The van der Waals surface area contributed by atoms with Crippen molar-refractivity contribution in [3.63, 3.8) is 0 Å². The fraction of sp³-hybridized carbons (Fsp3) is 0.444. The predicted octanol–water partition coefficient (Wildman–Crippen LogP) is 2.58. The van der Waals surface area contributed by atoms with Gasteiger partial charge in [0.25, 0.3) is 0 Å². The van der Waals surface area contributed by atoms with Crippen LogP contribution in [0.2, 0.25) is 0 Å². The molecule has 2 rings (SSSR count). The van der Waals surface area contributed by atoms with Crippen molar-refractivity contribution in [2.75, 3.05) is 0 Å². The van der Waals surface area contributed by atoms with Crippen molar-refractivity contribution in [2.45, 2.75) is 33.1 Å². The van der Waals surface area contributed by atoms with Crippen molar-refractivity contribution in [3.05, 3.63) is 35.9 Å². The van der Waals surface area contributed by atoms with E-state index in [0.717, 1.165) is 0 Å². The standard InChI is InChI=1S/C18H20O5/c1-12-8-9-15(20)18(12,13(2)10-11-19)17(22)23-16(21)14-6-4-3-5-7-14/h3-7,11-13H,8-10H2,1-2H3/t12-,13+,18+/m1/s1. The third-order valence-electron chi connectivity index (χ3n) is 4.80. The lowest BCUT2D eigenvalue weighted by molar-refractivity contribution is -0.160. The Bertz CT molecular complexity index is 622. The summed E-state index contributed by atoms with van der Waals surface area (Å²) in [5.41, 5.74) is -1.16.